The lowest BCUT2D eigenvalue weighted by Crippen LogP contribution is -2.38. The molecule has 1 N–H and O–H groups in total. The highest BCUT2D eigenvalue weighted by molar-refractivity contribution is 5.29. The van der Waals surface area contributed by atoms with E-state index in [1.807, 2.05) is 13.8 Å². The van der Waals surface area contributed by atoms with Crippen molar-refractivity contribution < 1.29 is 17.9 Å². The minimum Gasteiger partial charge on any atom is -0.487 e. The van der Waals surface area contributed by atoms with Crippen molar-refractivity contribution in [1.29, 1.82) is 0 Å². The molecule has 1 aromatic carbocycles. The summed E-state index contributed by atoms with van der Waals surface area (Å²) in [6.07, 6.45) is -4.31. The van der Waals surface area contributed by atoms with Crippen molar-refractivity contribution in [3.05, 3.63) is 29.8 Å². The van der Waals surface area contributed by atoms with Crippen LogP contribution in [0.3, 0.4) is 0 Å². The van der Waals surface area contributed by atoms with Crippen LogP contribution in [0.2, 0.25) is 0 Å². The van der Waals surface area contributed by atoms with Gasteiger partial charge in [-0.05, 0) is 45.2 Å². The van der Waals surface area contributed by atoms with Gasteiger partial charge in [0.15, 0.2) is 0 Å². The van der Waals surface area contributed by atoms with Crippen LogP contribution in [-0.2, 0) is 6.18 Å². The summed E-state index contributed by atoms with van der Waals surface area (Å²) in [6, 6.07) is 4.70. The van der Waals surface area contributed by atoms with E-state index in [2.05, 4.69) is 5.32 Å². The Kier molecular flexibility index (Phi) is 4.03. The standard InChI is InChI=1S/C12H16F3NO/c1-11(2,8-16-3)17-10-6-4-9(5-7-10)12(13,14)15/h4-7,16H,8H2,1-3H3. The topological polar surface area (TPSA) is 21.3 Å². The minimum atomic E-state index is -4.31. The second kappa shape index (κ2) is 4.96. The zero-order valence-electron chi connectivity index (χ0n) is 10.1. The van der Waals surface area contributed by atoms with Gasteiger partial charge in [0.05, 0.1) is 5.56 Å². The van der Waals surface area contributed by atoms with E-state index in [0.29, 0.717) is 12.3 Å². The Morgan fingerprint density at radius 2 is 1.65 bits per heavy atom. The predicted octanol–water partition coefficient (Wildman–Crippen LogP) is 3.08. The van der Waals surface area contributed by atoms with Crippen LogP contribution in [0.15, 0.2) is 24.3 Å². The van der Waals surface area contributed by atoms with Gasteiger partial charge in [0.25, 0.3) is 0 Å². The molecule has 0 atom stereocenters. The second-order valence-electron chi connectivity index (χ2n) is 4.41. The lowest BCUT2D eigenvalue weighted by molar-refractivity contribution is -0.137. The molecule has 0 aromatic heterocycles. The summed E-state index contributed by atoms with van der Waals surface area (Å²) in [7, 11) is 1.79. The van der Waals surface area contributed by atoms with Gasteiger partial charge in [-0.3, -0.25) is 0 Å². The summed E-state index contributed by atoms with van der Waals surface area (Å²) in [5.74, 6) is 0.429. The molecule has 17 heavy (non-hydrogen) atoms. The Bertz CT molecular complexity index is 357. The Balaban J connectivity index is 2.75. The SMILES string of the molecule is CNCC(C)(C)Oc1ccc(C(F)(F)F)cc1. The maximum absolute atomic E-state index is 12.3. The molecule has 0 saturated carbocycles. The number of hydrogen-bond acceptors (Lipinski definition) is 2. The molecule has 0 unspecified atom stereocenters. The lowest BCUT2D eigenvalue weighted by atomic mass is 10.1. The van der Waals surface area contributed by atoms with Crippen molar-refractivity contribution in [1.82, 2.24) is 5.32 Å². The van der Waals surface area contributed by atoms with Crippen LogP contribution < -0.4 is 10.1 Å². The Morgan fingerprint density at radius 1 is 1.12 bits per heavy atom. The largest absolute Gasteiger partial charge is 0.487 e. The van der Waals surface area contributed by atoms with Crippen LogP contribution in [0.5, 0.6) is 5.75 Å². The first-order valence-corrected chi connectivity index (χ1v) is 5.25. The van der Waals surface area contributed by atoms with E-state index < -0.39 is 17.3 Å². The molecular formula is C12H16F3NO. The highest BCUT2D eigenvalue weighted by Gasteiger charge is 2.30. The fraction of sp³-hybridized carbons (Fsp3) is 0.500. The van der Waals surface area contributed by atoms with Crippen LogP contribution in [0.25, 0.3) is 0 Å². The zero-order chi connectivity index (χ0) is 13.1. The van der Waals surface area contributed by atoms with E-state index in [9.17, 15) is 13.2 Å². The molecule has 0 aliphatic heterocycles. The molecule has 0 aliphatic carbocycles. The van der Waals surface area contributed by atoms with Crippen molar-refractivity contribution in [3.63, 3.8) is 0 Å². The summed E-state index contributed by atoms with van der Waals surface area (Å²) >= 11 is 0. The maximum atomic E-state index is 12.3. The number of ether oxygens (including phenoxy) is 1. The molecule has 0 radical (unpaired) electrons. The summed E-state index contributed by atoms with van der Waals surface area (Å²) < 4.78 is 42.6. The Labute approximate surface area is 98.8 Å². The first-order chi connectivity index (χ1) is 7.74. The number of rotatable bonds is 4. The summed E-state index contributed by atoms with van der Waals surface area (Å²) in [5.41, 5.74) is -1.13. The lowest BCUT2D eigenvalue weighted by Gasteiger charge is -2.26. The molecule has 0 heterocycles. The number of halogens is 3. The smallest absolute Gasteiger partial charge is 0.416 e. The molecule has 0 fully saturated rings. The van der Waals surface area contributed by atoms with Crippen LogP contribution in [0.4, 0.5) is 13.2 Å². The molecule has 0 aliphatic rings. The molecule has 0 spiro atoms. The third kappa shape index (κ3) is 4.26. The Morgan fingerprint density at radius 3 is 2.06 bits per heavy atom. The highest BCUT2D eigenvalue weighted by atomic mass is 19.4. The molecule has 1 rings (SSSR count). The van der Waals surface area contributed by atoms with Crippen molar-refractivity contribution in [2.45, 2.75) is 25.6 Å². The van der Waals surface area contributed by atoms with Gasteiger partial charge in [-0.1, -0.05) is 0 Å². The molecule has 1 aromatic rings. The average molecular weight is 247 g/mol. The number of benzene rings is 1. The second-order valence-corrected chi connectivity index (χ2v) is 4.41. The first kappa shape index (κ1) is 13.8. The van der Waals surface area contributed by atoms with Gasteiger partial charge in [-0.25, -0.2) is 0 Å². The molecule has 5 heteroatoms. The van der Waals surface area contributed by atoms with E-state index in [1.54, 1.807) is 7.05 Å². The van der Waals surface area contributed by atoms with Gasteiger partial charge in [-0.15, -0.1) is 0 Å². The predicted molar refractivity (Wildman–Crippen MR) is 60.1 cm³/mol. The minimum absolute atomic E-state index is 0.429. The molecule has 0 bridgehead atoms. The van der Waals surface area contributed by atoms with Gasteiger partial charge in [0.2, 0.25) is 0 Å². The molecule has 0 saturated heterocycles. The van der Waals surface area contributed by atoms with E-state index in [4.69, 9.17) is 4.74 Å². The fourth-order valence-corrected chi connectivity index (χ4v) is 1.49. The normalized spacial score (nSPS) is 12.6. The van der Waals surface area contributed by atoms with Crippen LogP contribution in [0.1, 0.15) is 19.4 Å². The number of hydrogen-bond donors (Lipinski definition) is 1. The van der Waals surface area contributed by atoms with E-state index in [0.717, 1.165) is 12.1 Å². The van der Waals surface area contributed by atoms with Gasteiger partial charge in [0, 0.05) is 6.54 Å². The monoisotopic (exact) mass is 247 g/mol. The van der Waals surface area contributed by atoms with Gasteiger partial charge in [0.1, 0.15) is 11.4 Å². The fourth-order valence-electron chi connectivity index (χ4n) is 1.49. The van der Waals surface area contributed by atoms with E-state index in [1.165, 1.54) is 12.1 Å². The van der Waals surface area contributed by atoms with Crippen molar-refractivity contribution >= 4 is 0 Å². The maximum Gasteiger partial charge on any atom is 0.416 e. The van der Waals surface area contributed by atoms with Crippen molar-refractivity contribution in [3.8, 4) is 5.75 Å². The quantitative estimate of drug-likeness (QED) is 0.882. The molecule has 2 nitrogen and oxygen atoms in total. The van der Waals surface area contributed by atoms with Crippen LogP contribution >= 0.6 is 0 Å². The molecule has 96 valence electrons. The third-order valence-corrected chi connectivity index (χ3v) is 2.18. The number of likely N-dealkylation sites (N-methyl/N-ethyl adjacent to an activating group) is 1. The van der Waals surface area contributed by atoms with E-state index >= 15 is 0 Å². The zero-order valence-corrected chi connectivity index (χ0v) is 10.1. The van der Waals surface area contributed by atoms with Crippen LogP contribution in [0, 0.1) is 0 Å². The van der Waals surface area contributed by atoms with Crippen LogP contribution in [-0.4, -0.2) is 19.2 Å². The van der Waals surface area contributed by atoms with Gasteiger partial charge >= 0.3 is 6.18 Å². The first-order valence-electron chi connectivity index (χ1n) is 5.25. The average Bonchev–Trinajstić information content (AvgIpc) is 2.16. The van der Waals surface area contributed by atoms with E-state index in [-0.39, 0.29) is 0 Å². The third-order valence-electron chi connectivity index (χ3n) is 2.18. The molecule has 0 amide bonds. The summed E-state index contributed by atoms with van der Waals surface area (Å²) in [5, 5.41) is 2.96. The molecular weight excluding hydrogens is 231 g/mol. The van der Waals surface area contributed by atoms with Crippen molar-refractivity contribution in [2.24, 2.45) is 0 Å². The van der Waals surface area contributed by atoms with Crippen molar-refractivity contribution in [2.75, 3.05) is 13.6 Å². The summed E-state index contributed by atoms with van der Waals surface area (Å²) in [4.78, 5) is 0. The van der Waals surface area contributed by atoms with Gasteiger partial charge < -0.3 is 10.1 Å². The number of alkyl halides is 3. The Hall–Kier alpha value is -1.23. The van der Waals surface area contributed by atoms with Gasteiger partial charge in [-0.2, -0.15) is 13.2 Å². The highest BCUT2D eigenvalue weighted by Crippen LogP contribution is 2.30. The number of nitrogens with one attached hydrogen (secondary N) is 1. The summed E-state index contributed by atoms with van der Waals surface area (Å²) in [6.45, 7) is 4.33.